The van der Waals surface area contributed by atoms with Crippen molar-refractivity contribution < 1.29 is 4.74 Å². The summed E-state index contributed by atoms with van der Waals surface area (Å²) in [6, 6.07) is 5.97. The Labute approximate surface area is 96.7 Å². The minimum Gasteiger partial charge on any atom is -0.497 e. The maximum Gasteiger partial charge on any atom is 0.120 e. The lowest BCUT2D eigenvalue weighted by molar-refractivity contribution is 0.415. The van der Waals surface area contributed by atoms with E-state index in [1.165, 1.54) is 5.39 Å². The summed E-state index contributed by atoms with van der Waals surface area (Å²) >= 11 is 3.57. The Balaban J connectivity index is 2.55. The molecule has 1 heterocycles. The number of fused-ring (bicyclic) bond motifs is 1. The second-order valence-electron chi connectivity index (χ2n) is 3.37. The minimum atomic E-state index is 0.641. The van der Waals surface area contributed by atoms with Crippen LogP contribution in [0.4, 0.5) is 0 Å². The lowest BCUT2D eigenvalue weighted by atomic mass is 10.2. The van der Waals surface area contributed by atoms with Gasteiger partial charge in [-0.1, -0.05) is 0 Å². The second kappa shape index (κ2) is 4.24. The fraction of sp³-hybridized carbons (Fsp3) is 0.273. The van der Waals surface area contributed by atoms with E-state index in [1.807, 2.05) is 18.2 Å². The van der Waals surface area contributed by atoms with Gasteiger partial charge in [0.2, 0.25) is 0 Å². The van der Waals surface area contributed by atoms with Gasteiger partial charge in [0.25, 0.3) is 0 Å². The number of methoxy groups -OCH3 is 1. The Morgan fingerprint density at radius 1 is 1.47 bits per heavy atom. The van der Waals surface area contributed by atoms with Crippen molar-refractivity contribution in [2.45, 2.75) is 6.42 Å². The zero-order valence-corrected chi connectivity index (χ0v) is 10.1. The Bertz CT molecular complexity index is 479. The molecule has 80 valence electrons. The molecular formula is C11H13BrN2O. The van der Waals surface area contributed by atoms with Crippen LogP contribution in [0.25, 0.3) is 10.9 Å². The number of benzene rings is 1. The molecule has 0 spiro atoms. The van der Waals surface area contributed by atoms with Crippen LogP contribution in [0.1, 0.15) is 5.69 Å². The summed E-state index contributed by atoms with van der Waals surface area (Å²) in [6.07, 6.45) is 0.845. The van der Waals surface area contributed by atoms with Crippen LogP contribution in [-0.2, 0) is 6.42 Å². The van der Waals surface area contributed by atoms with E-state index in [0.29, 0.717) is 6.54 Å². The highest BCUT2D eigenvalue weighted by Crippen LogP contribution is 2.30. The van der Waals surface area contributed by atoms with Crippen LogP contribution >= 0.6 is 15.9 Å². The van der Waals surface area contributed by atoms with E-state index in [4.69, 9.17) is 10.5 Å². The molecule has 1 aromatic carbocycles. The first kappa shape index (κ1) is 10.5. The number of nitrogens with one attached hydrogen (secondary N) is 1. The number of rotatable bonds is 3. The Hall–Kier alpha value is -1.00. The molecule has 0 saturated carbocycles. The zero-order chi connectivity index (χ0) is 10.8. The van der Waals surface area contributed by atoms with Gasteiger partial charge in [0.05, 0.1) is 12.6 Å². The lowest BCUT2D eigenvalue weighted by Crippen LogP contribution is -2.03. The Kier molecular flexibility index (Phi) is 2.98. The largest absolute Gasteiger partial charge is 0.497 e. The predicted octanol–water partition coefficient (Wildman–Crippen LogP) is 2.44. The molecule has 2 aromatic rings. The van der Waals surface area contributed by atoms with Gasteiger partial charge in [-0.25, -0.2) is 0 Å². The third-order valence-electron chi connectivity index (χ3n) is 2.41. The van der Waals surface area contributed by atoms with Crippen molar-refractivity contribution in [3.8, 4) is 5.75 Å². The van der Waals surface area contributed by atoms with Crippen molar-refractivity contribution in [3.05, 3.63) is 28.4 Å². The molecule has 0 unspecified atom stereocenters. The number of aromatic amines is 1. The van der Waals surface area contributed by atoms with Gasteiger partial charge in [-0.05, 0) is 34.6 Å². The average molecular weight is 269 g/mol. The van der Waals surface area contributed by atoms with Crippen LogP contribution in [-0.4, -0.2) is 18.6 Å². The minimum absolute atomic E-state index is 0.641. The van der Waals surface area contributed by atoms with E-state index < -0.39 is 0 Å². The molecule has 3 nitrogen and oxygen atoms in total. The van der Waals surface area contributed by atoms with Gasteiger partial charge >= 0.3 is 0 Å². The summed E-state index contributed by atoms with van der Waals surface area (Å²) in [5.74, 6) is 0.857. The number of H-pyrrole nitrogens is 1. The highest BCUT2D eigenvalue weighted by Gasteiger charge is 2.08. The molecule has 0 bridgehead atoms. The molecule has 1 aromatic heterocycles. The number of aromatic nitrogens is 1. The van der Waals surface area contributed by atoms with Gasteiger partial charge in [0.15, 0.2) is 0 Å². The van der Waals surface area contributed by atoms with Gasteiger partial charge in [0.1, 0.15) is 5.75 Å². The highest BCUT2D eigenvalue weighted by atomic mass is 79.9. The van der Waals surface area contributed by atoms with Crippen molar-refractivity contribution in [1.29, 1.82) is 0 Å². The van der Waals surface area contributed by atoms with Crippen molar-refractivity contribution >= 4 is 26.8 Å². The fourth-order valence-corrected chi connectivity index (χ4v) is 2.28. The van der Waals surface area contributed by atoms with Crippen LogP contribution in [0, 0.1) is 0 Å². The maximum absolute atomic E-state index is 5.54. The zero-order valence-electron chi connectivity index (χ0n) is 8.51. The third-order valence-corrected chi connectivity index (χ3v) is 3.31. The molecule has 0 aliphatic carbocycles. The molecular weight excluding hydrogens is 256 g/mol. The summed E-state index contributed by atoms with van der Waals surface area (Å²) in [6.45, 7) is 0.641. The normalized spacial score (nSPS) is 10.9. The van der Waals surface area contributed by atoms with E-state index in [0.717, 1.165) is 27.9 Å². The first-order valence-electron chi connectivity index (χ1n) is 4.80. The molecule has 0 atom stereocenters. The van der Waals surface area contributed by atoms with E-state index in [1.54, 1.807) is 7.11 Å². The topological polar surface area (TPSA) is 51.0 Å². The van der Waals surface area contributed by atoms with E-state index in [-0.39, 0.29) is 0 Å². The standard InChI is InChI=1S/C11H13BrN2O/c1-15-7-2-3-8-10(6-7)14-9(4-5-13)11(8)12/h2-3,6,14H,4-5,13H2,1H3. The average Bonchev–Trinajstić information content (AvgIpc) is 2.56. The lowest BCUT2D eigenvalue weighted by Gasteiger charge is -1.98. The summed E-state index contributed by atoms with van der Waals surface area (Å²) in [5.41, 5.74) is 7.76. The van der Waals surface area contributed by atoms with E-state index in [2.05, 4.69) is 20.9 Å². The molecule has 0 amide bonds. The van der Waals surface area contributed by atoms with Crippen LogP contribution in [0.3, 0.4) is 0 Å². The molecule has 3 N–H and O–H groups in total. The van der Waals surface area contributed by atoms with Crippen LogP contribution in [0.2, 0.25) is 0 Å². The first-order valence-corrected chi connectivity index (χ1v) is 5.59. The predicted molar refractivity (Wildman–Crippen MR) is 65.3 cm³/mol. The quantitative estimate of drug-likeness (QED) is 0.899. The SMILES string of the molecule is COc1ccc2c(Br)c(CCN)[nH]c2c1. The number of ether oxygens (including phenoxy) is 1. The summed E-state index contributed by atoms with van der Waals surface area (Å²) in [7, 11) is 1.67. The van der Waals surface area contributed by atoms with Gasteiger partial charge < -0.3 is 15.5 Å². The Morgan fingerprint density at radius 3 is 2.93 bits per heavy atom. The molecule has 0 aliphatic rings. The van der Waals surface area contributed by atoms with Crippen LogP contribution < -0.4 is 10.5 Å². The molecule has 4 heteroatoms. The van der Waals surface area contributed by atoms with Crippen molar-refractivity contribution in [1.82, 2.24) is 4.98 Å². The molecule has 0 saturated heterocycles. The van der Waals surface area contributed by atoms with Gasteiger partial charge in [0, 0.05) is 28.0 Å². The van der Waals surface area contributed by atoms with Gasteiger partial charge in [-0.3, -0.25) is 0 Å². The van der Waals surface area contributed by atoms with Crippen LogP contribution in [0.15, 0.2) is 22.7 Å². The van der Waals surface area contributed by atoms with Gasteiger partial charge in [-0.2, -0.15) is 0 Å². The van der Waals surface area contributed by atoms with Crippen LogP contribution in [0.5, 0.6) is 5.75 Å². The molecule has 0 fully saturated rings. The molecule has 2 rings (SSSR count). The highest BCUT2D eigenvalue weighted by molar-refractivity contribution is 9.10. The van der Waals surface area contributed by atoms with Crippen molar-refractivity contribution in [3.63, 3.8) is 0 Å². The number of halogens is 1. The summed E-state index contributed by atoms with van der Waals surface area (Å²) < 4.78 is 6.27. The smallest absolute Gasteiger partial charge is 0.120 e. The monoisotopic (exact) mass is 268 g/mol. The van der Waals surface area contributed by atoms with E-state index in [9.17, 15) is 0 Å². The third kappa shape index (κ3) is 1.87. The van der Waals surface area contributed by atoms with Crippen molar-refractivity contribution in [2.24, 2.45) is 5.73 Å². The van der Waals surface area contributed by atoms with Crippen molar-refractivity contribution in [2.75, 3.05) is 13.7 Å². The number of nitrogens with two attached hydrogens (primary N) is 1. The van der Waals surface area contributed by atoms with Gasteiger partial charge in [-0.15, -0.1) is 0 Å². The molecule has 0 aliphatic heterocycles. The first-order chi connectivity index (χ1) is 7.26. The molecule has 15 heavy (non-hydrogen) atoms. The summed E-state index contributed by atoms with van der Waals surface area (Å²) in [5, 5.41) is 1.17. The maximum atomic E-state index is 5.54. The number of hydrogen-bond donors (Lipinski definition) is 2. The fourth-order valence-electron chi connectivity index (χ4n) is 1.64. The Morgan fingerprint density at radius 2 is 2.27 bits per heavy atom. The van der Waals surface area contributed by atoms with E-state index >= 15 is 0 Å². The number of hydrogen-bond acceptors (Lipinski definition) is 2. The molecule has 0 radical (unpaired) electrons. The second-order valence-corrected chi connectivity index (χ2v) is 4.16. The summed E-state index contributed by atoms with van der Waals surface area (Å²) in [4.78, 5) is 3.33.